The third-order valence-corrected chi connectivity index (χ3v) is 4.90. The van der Waals surface area contributed by atoms with Crippen LogP contribution in [0.15, 0.2) is 18.2 Å². The molecule has 3 rings (SSSR count). The number of rotatable bonds is 3. The van der Waals surface area contributed by atoms with Crippen molar-refractivity contribution in [1.82, 2.24) is 9.36 Å². The van der Waals surface area contributed by atoms with Crippen LogP contribution in [0, 0.1) is 11.3 Å². The fourth-order valence-corrected chi connectivity index (χ4v) is 3.57. The summed E-state index contributed by atoms with van der Waals surface area (Å²) >= 11 is 1.32. The molecule has 1 fully saturated rings. The van der Waals surface area contributed by atoms with Crippen molar-refractivity contribution in [2.75, 3.05) is 23.3 Å². The molecular weight excluding hydrogens is 334 g/mol. The number of piperidine rings is 1. The lowest BCUT2D eigenvalue weighted by atomic mass is 9.96. The molecule has 6 nitrogen and oxygen atoms in total. The van der Waals surface area contributed by atoms with Gasteiger partial charge in [0.15, 0.2) is 0 Å². The van der Waals surface area contributed by atoms with E-state index in [0.717, 1.165) is 48.3 Å². The van der Waals surface area contributed by atoms with Gasteiger partial charge in [-0.1, -0.05) is 20.8 Å². The monoisotopic (exact) mass is 357 g/mol. The molecule has 0 saturated carbocycles. The zero-order valence-corrected chi connectivity index (χ0v) is 15.6. The number of aliphatic hydroxyl groups excluding tert-OH is 1. The molecule has 1 aliphatic heterocycles. The second kappa shape index (κ2) is 6.98. The minimum absolute atomic E-state index is 0.0864. The topological polar surface area (TPSA) is 85.1 Å². The number of hydrogen-bond donors (Lipinski definition) is 2. The Kier molecular flexibility index (Phi) is 4.93. The molecule has 132 valence electrons. The van der Waals surface area contributed by atoms with Crippen LogP contribution in [0.4, 0.5) is 16.5 Å². The van der Waals surface area contributed by atoms with E-state index < -0.39 is 0 Å². The van der Waals surface area contributed by atoms with Gasteiger partial charge in [-0.2, -0.15) is 9.64 Å². The van der Waals surface area contributed by atoms with Crippen LogP contribution >= 0.6 is 11.5 Å². The van der Waals surface area contributed by atoms with E-state index in [2.05, 4.69) is 46.4 Å². The fraction of sp³-hybridized carbons (Fsp3) is 0.500. The second-order valence-electron chi connectivity index (χ2n) is 7.36. The Morgan fingerprint density at radius 2 is 2.04 bits per heavy atom. The van der Waals surface area contributed by atoms with Crippen LogP contribution in [0.25, 0.3) is 0 Å². The molecule has 0 unspecified atom stereocenters. The Morgan fingerprint density at radius 1 is 1.32 bits per heavy atom. The molecule has 1 aromatic heterocycles. The predicted molar refractivity (Wildman–Crippen MR) is 101 cm³/mol. The number of hydrogen-bond acceptors (Lipinski definition) is 7. The van der Waals surface area contributed by atoms with E-state index in [0.29, 0.717) is 5.56 Å². The standard InChI is InChI=1S/C18H23N5OS/c1-18(2,3)16-21-17(25-22-16)20-13-4-5-15(12(10-13)11-19)23-8-6-14(24)7-9-23/h4-5,10,14,24H,6-9H2,1-3H3,(H,20,21,22). The molecular formula is C18H23N5OS. The molecule has 7 heteroatoms. The van der Waals surface area contributed by atoms with E-state index in [9.17, 15) is 10.4 Å². The van der Waals surface area contributed by atoms with Crippen molar-refractivity contribution in [2.24, 2.45) is 0 Å². The first-order valence-corrected chi connectivity index (χ1v) is 9.22. The third-order valence-electron chi connectivity index (χ3n) is 4.27. The molecule has 0 bridgehead atoms. The maximum atomic E-state index is 9.65. The highest BCUT2D eigenvalue weighted by Gasteiger charge is 2.21. The van der Waals surface area contributed by atoms with Crippen molar-refractivity contribution >= 4 is 28.0 Å². The molecule has 0 atom stereocenters. The molecule has 2 heterocycles. The van der Waals surface area contributed by atoms with Gasteiger partial charge in [0, 0.05) is 35.7 Å². The largest absolute Gasteiger partial charge is 0.393 e. The van der Waals surface area contributed by atoms with E-state index in [1.165, 1.54) is 11.5 Å². The molecule has 0 radical (unpaired) electrons. The molecule has 0 aliphatic carbocycles. The van der Waals surface area contributed by atoms with Crippen molar-refractivity contribution in [3.8, 4) is 6.07 Å². The molecule has 2 aromatic rings. The highest BCUT2D eigenvalue weighted by molar-refractivity contribution is 7.09. The summed E-state index contributed by atoms with van der Waals surface area (Å²) in [6.45, 7) is 7.78. The summed E-state index contributed by atoms with van der Waals surface area (Å²) in [5.41, 5.74) is 2.29. The van der Waals surface area contributed by atoms with Crippen LogP contribution in [-0.2, 0) is 5.41 Å². The summed E-state index contributed by atoms with van der Waals surface area (Å²) in [6, 6.07) is 8.05. The van der Waals surface area contributed by atoms with Crippen LogP contribution in [0.3, 0.4) is 0 Å². The summed E-state index contributed by atoms with van der Waals surface area (Å²) in [5, 5.41) is 23.1. The van der Waals surface area contributed by atoms with Gasteiger partial charge in [0.25, 0.3) is 0 Å². The number of nitriles is 1. The number of anilines is 3. The van der Waals surface area contributed by atoms with Crippen LogP contribution in [0.2, 0.25) is 0 Å². The summed E-state index contributed by atoms with van der Waals surface area (Å²) in [6.07, 6.45) is 1.26. The number of nitrogens with zero attached hydrogens (tertiary/aromatic N) is 4. The highest BCUT2D eigenvalue weighted by atomic mass is 32.1. The average Bonchev–Trinajstić information content (AvgIpc) is 3.04. The summed E-state index contributed by atoms with van der Waals surface area (Å²) in [5.74, 6) is 0.809. The first-order chi connectivity index (χ1) is 11.9. The van der Waals surface area contributed by atoms with Gasteiger partial charge >= 0.3 is 0 Å². The second-order valence-corrected chi connectivity index (χ2v) is 8.11. The summed E-state index contributed by atoms with van der Waals surface area (Å²) in [7, 11) is 0. The quantitative estimate of drug-likeness (QED) is 0.875. The number of nitrogens with one attached hydrogen (secondary N) is 1. The van der Waals surface area contributed by atoms with Gasteiger partial charge in [-0.15, -0.1) is 0 Å². The zero-order valence-electron chi connectivity index (χ0n) is 14.8. The lowest BCUT2D eigenvalue weighted by Gasteiger charge is -2.32. The van der Waals surface area contributed by atoms with Gasteiger partial charge < -0.3 is 15.3 Å². The van der Waals surface area contributed by atoms with Crippen molar-refractivity contribution in [3.05, 3.63) is 29.6 Å². The van der Waals surface area contributed by atoms with E-state index in [-0.39, 0.29) is 11.5 Å². The van der Waals surface area contributed by atoms with E-state index in [4.69, 9.17) is 0 Å². The van der Waals surface area contributed by atoms with Crippen LogP contribution in [0.5, 0.6) is 0 Å². The Hall–Kier alpha value is -2.17. The Balaban J connectivity index is 1.78. The van der Waals surface area contributed by atoms with Crippen LogP contribution < -0.4 is 10.2 Å². The van der Waals surface area contributed by atoms with E-state index in [1.807, 2.05) is 18.2 Å². The van der Waals surface area contributed by atoms with Crippen molar-refractivity contribution in [2.45, 2.75) is 45.1 Å². The van der Waals surface area contributed by atoms with E-state index >= 15 is 0 Å². The summed E-state index contributed by atoms with van der Waals surface area (Å²) < 4.78 is 4.40. The molecule has 1 aromatic carbocycles. The maximum Gasteiger partial charge on any atom is 0.207 e. The molecule has 0 spiro atoms. The number of aliphatic hydroxyl groups is 1. The first kappa shape index (κ1) is 17.6. The Labute approximate surface area is 152 Å². The lowest BCUT2D eigenvalue weighted by Crippen LogP contribution is -2.36. The van der Waals surface area contributed by atoms with Gasteiger partial charge in [0.1, 0.15) is 11.9 Å². The van der Waals surface area contributed by atoms with Gasteiger partial charge in [-0.05, 0) is 31.0 Å². The minimum atomic E-state index is -0.225. The fourth-order valence-electron chi connectivity index (χ4n) is 2.79. The maximum absolute atomic E-state index is 9.65. The summed E-state index contributed by atoms with van der Waals surface area (Å²) in [4.78, 5) is 6.69. The zero-order chi connectivity index (χ0) is 18.0. The van der Waals surface area contributed by atoms with Crippen molar-refractivity contribution in [3.63, 3.8) is 0 Å². The average molecular weight is 357 g/mol. The lowest BCUT2D eigenvalue weighted by molar-refractivity contribution is 0.145. The molecule has 25 heavy (non-hydrogen) atoms. The van der Waals surface area contributed by atoms with Crippen LogP contribution in [-0.4, -0.2) is 33.7 Å². The molecule has 0 amide bonds. The minimum Gasteiger partial charge on any atom is -0.393 e. The van der Waals surface area contributed by atoms with E-state index in [1.54, 1.807) is 0 Å². The van der Waals surface area contributed by atoms with Gasteiger partial charge in [-0.3, -0.25) is 0 Å². The SMILES string of the molecule is CC(C)(C)c1nsc(Nc2ccc(N3CCC(O)CC3)c(C#N)c2)n1. The highest BCUT2D eigenvalue weighted by Crippen LogP contribution is 2.29. The predicted octanol–water partition coefficient (Wildman–Crippen LogP) is 3.41. The smallest absolute Gasteiger partial charge is 0.207 e. The molecule has 1 saturated heterocycles. The normalized spacial score (nSPS) is 15.9. The van der Waals surface area contributed by atoms with Gasteiger partial charge in [0.2, 0.25) is 5.13 Å². The Morgan fingerprint density at radius 3 is 2.64 bits per heavy atom. The number of benzene rings is 1. The van der Waals surface area contributed by atoms with Gasteiger partial charge in [-0.25, -0.2) is 4.98 Å². The third kappa shape index (κ3) is 4.09. The number of aromatic nitrogens is 2. The molecule has 1 aliphatic rings. The van der Waals surface area contributed by atoms with Crippen molar-refractivity contribution < 1.29 is 5.11 Å². The first-order valence-electron chi connectivity index (χ1n) is 8.45. The van der Waals surface area contributed by atoms with Crippen molar-refractivity contribution in [1.29, 1.82) is 5.26 Å². The Bertz CT molecular complexity index is 781. The molecule has 2 N–H and O–H groups in total. The van der Waals surface area contributed by atoms with Gasteiger partial charge in [0.05, 0.1) is 17.4 Å². The van der Waals surface area contributed by atoms with Crippen LogP contribution in [0.1, 0.15) is 45.0 Å².